The van der Waals surface area contributed by atoms with E-state index < -0.39 is 28.1 Å². The fourth-order valence-corrected chi connectivity index (χ4v) is 5.00. The Hall–Kier alpha value is -3.28. The first-order chi connectivity index (χ1) is 17.9. The number of halogens is 3. The lowest BCUT2D eigenvalue weighted by Gasteiger charge is -2.26. The number of amides is 2. The number of nitrogens with one attached hydrogen (secondary N) is 3. The Bertz CT molecular complexity index is 1180. The van der Waals surface area contributed by atoms with Crippen LogP contribution in [-0.4, -0.2) is 52.0 Å². The predicted octanol–water partition coefficient (Wildman–Crippen LogP) is 4.29. The number of alkyl halides is 3. The molecule has 8 nitrogen and oxygen atoms in total. The Morgan fingerprint density at radius 3 is 2.18 bits per heavy atom. The van der Waals surface area contributed by atoms with Crippen LogP contribution in [0.4, 0.5) is 18.9 Å². The third kappa shape index (κ3) is 9.55. The monoisotopic (exact) mass is 555 g/mol. The van der Waals surface area contributed by atoms with Gasteiger partial charge in [0.2, 0.25) is 5.91 Å². The van der Waals surface area contributed by atoms with Gasteiger partial charge >= 0.3 is 6.36 Å². The van der Waals surface area contributed by atoms with Gasteiger partial charge in [0, 0.05) is 30.6 Å². The van der Waals surface area contributed by atoms with E-state index in [1.807, 2.05) is 0 Å². The van der Waals surface area contributed by atoms with Crippen LogP contribution in [0.15, 0.2) is 53.4 Å². The van der Waals surface area contributed by atoms with Crippen LogP contribution in [0, 0.1) is 5.92 Å². The molecule has 0 aliphatic heterocycles. The van der Waals surface area contributed by atoms with Crippen LogP contribution in [0.25, 0.3) is 0 Å². The summed E-state index contributed by atoms with van der Waals surface area (Å²) in [6, 6.07) is 10.0. The summed E-state index contributed by atoms with van der Waals surface area (Å²) in [5, 5.41) is 8.60. The van der Waals surface area contributed by atoms with Gasteiger partial charge in [-0.15, -0.1) is 13.2 Å². The number of carbonyl (C=O) groups is 2. The molecule has 1 saturated carbocycles. The first-order valence-corrected chi connectivity index (χ1v) is 14.3. The van der Waals surface area contributed by atoms with Gasteiger partial charge in [-0.2, -0.15) is 0 Å². The molecule has 2 amide bonds. The molecule has 1 atom stereocenters. The van der Waals surface area contributed by atoms with Crippen molar-refractivity contribution in [3.63, 3.8) is 0 Å². The van der Waals surface area contributed by atoms with E-state index in [2.05, 4.69) is 20.7 Å². The lowest BCUT2D eigenvalue weighted by atomic mass is 9.84. The molecule has 3 rings (SSSR count). The molecule has 1 fully saturated rings. The molecule has 0 bridgehead atoms. The second-order valence-electron chi connectivity index (χ2n) is 9.35. The molecule has 0 spiro atoms. The molecule has 12 heteroatoms. The minimum absolute atomic E-state index is 0.0977. The number of ether oxygens (including phenoxy) is 1. The number of hydrogen-bond donors (Lipinski definition) is 3. The Labute approximate surface area is 220 Å². The molecule has 0 heterocycles. The molecule has 2 aromatic carbocycles. The average Bonchev–Trinajstić information content (AvgIpc) is 2.86. The summed E-state index contributed by atoms with van der Waals surface area (Å²) in [6.45, 7) is 0.530. The van der Waals surface area contributed by atoms with E-state index in [-0.39, 0.29) is 28.7 Å². The van der Waals surface area contributed by atoms with Crippen LogP contribution in [0.5, 0.6) is 5.75 Å². The summed E-state index contributed by atoms with van der Waals surface area (Å²) >= 11 is 0. The van der Waals surface area contributed by atoms with E-state index in [4.69, 9.17) is 0 Å². The summed E-state index contributed by atoms with van der Waals surface area (Å²) < 4.78 is 64.1. The van der Waals surface area contributed by atoms with Crippen LogP contribution in [0.1, 0.15) is 48.9 Å². The highest BCUT2D eigenvalue weighted by molar-refractivity contribution is 7.90. The zero-order chi connectivity index (χ0) is 27.8. The zero-order valence-corrected chi connectivity index (χ0v) is 21.8. The molecule has 3 N–H and O–H groups in total. The predicted molar refractivity (Wildman–Crippen MR) is 137 cm³/mol. The topological polar surface area (TPSA) is 114 Å². The first-order valence-electron chi connectivity index (χ1n) is 12.4. The minimum atomic E-state index is -4.76. The van der Waals surface area contributed by atoms with Crippen LogP contribution in [0.2, 0.25) is 0 Å². The third-order valence-corrected chi connectivity index (χ3v) is 7.43. The van der Waals surface area contributed by atoms with E-state index in [9.17, 15) is 31.2 Å². The van der Waals surface area contributed by atoms with Crippen LogP contribution >= 0.6 is 0 Å². The van der Waals surface area contributed by atoms with Gasteiger partial charge in [-0.1, -0.05) is 32.1 Å². The fraction of sp³-hybridized carbons (Fsp3) is 0.462. The molecule has 0 saturated heterocycles. The number of hydrogen-bond acceptors (Lipinski definition) is 6. The fourth-order valence-electron chi connectivity index (χ4n) is 4.37. The second-order valence-corrected chi connectivity index (χ2v) is 11.4. The van der Waals surface area contributed by atoms with E-state index in [0.717, 1.165) is 38.4 Å². The van der Waals surface area contributed by atoms with Crippen molar-refractivity contribution in [3.8, 4) is 5.75 Å². The van der Waals surface area contributed by atoms with Gasteiger partial charge in [0.15, 0.2) is 9.84 Å². The highest BCUT2D eigenvalue weighted by Gasteiger charge is 2.31. The van der Waals surface area contributed by atoms with E-state index in [1.54, 1.807) is 0 Å². The molecule has 208 valence electrons. The normalized spacial score (nSPS) is 15.4. The smallest absolute Gasteiger partial charge is 0.406 e. The lowest BCUT2D eigenvalue weighted by Crippen LogP contribution is -2.48. The quantitative estimate of drug-likeness (QED) is 0.357. The first kappa shape index (κ1) is 29.3. The molecule has 1 aliphatic carbocycles. The van der Waals surface area contributed by atoms with Gasteiger partial charge in [-0.3, -0.25) is 9.59 Å². The van der Waals surface area contributed by atoms with E-state index in [0.29, 0.717) is 24.6 Å². The Morgan fingerprint density at radius 1 is 0.974 bits per heavy atom. The van der Waals surface area contributed by atoms with Gasteiger partial charge in [-0.25, -0.2) is 8.42 Å². The molecule has 0 radical (unpaired) electrons. The van der Waals surface area contributed by atoms with Gasteiger partial charge in [0.1, 0.15) is 11.8 Å². The van der Waals surface area contributed by atoms with Crippen molar-refractivity contribution in [3.05, 3.63) is 54.1 Å². The van der Waals surface area contributed by atoms with Crippen molar-refractivity contribution in [1.82, 2.24) is 10.6 Å². The standard InChI is InChI=1S/C26H32F3N3O5S/c1-38(35,36)22-13-7-19(8-14-22)24(33)32-23(17-18-5-3-2-4-6-18)25(34)31-16-15-30-20-9-11-21(12-10-20)37-26(27,28)29/h7-14,18,23,30H,2-6,15-17H2,1H3,(H,31,34)(H,32,33)/t23-/m0/s1. The SMILES string of the molecule is CS(=O)(=O)c1ccc(C(=O)N[C@@H](CC2CCCCC2)C(=O)NCCNc2ccc(OC(F)(F)F)cc2)cc1. The maximum absolute atomic E-state index is 13.0. The Morgan fingerprint density at radius 2 is 1.61 bits per heavy atom. The van der Waals surface area contributed by atoms with Gasteiger partial charge < -0.3 is 20.7 Å². The molecular formula is C26H32F3N3O5S. The maximum atomic E-state index is 13.0. The molecular weight excluding hydrogens is 523 g/mol. The summed E-state index contributed by atoms with van der Waals surface area (Å²) in [4.78, 5) is 26.0. The van der Waals surface area contributed by atoms with Crippen LogP contribution < -0.4 is 20.7 Å². The average molecular weight is 556 g/mol. The number of carbonyl (C=O) groups excluding carboxylic acids is 2. The highest BCUT2D eigenvalue weighted by atomic mass is 32.2. The summed E-state index contributed by atoms with van der Waals surface area (Å²) in [7, 11) is -3.40. The number of anilines is 1. The van der Waals surface area contributed by atoms with Crippen molar-refractivity contribution in [2.45, 2.75) is 55.8 Å². The third-order valence-electron chi connectivity index (χ3n) is 6.30. The maximum Gasteiger partial charge on any atom is 0.573 e. The number of rotatable bonds is 11. The van der Waals surface area contributed by atoms with E-state index >= 15 is 0 Å². The molecule has 2 aromatic rings. The largest absolute Gasteiger partial charge is 0.573 e. The van der Waals surface area contributed by atoms with Gasteiger partial charge in [-0.05, 0) is 60.9 Å². The second kappa shape index (κ2) is 13.0. The van der Waals surface area contributed by atoms with Gasteiger partial charge in [0.05, 0.1) is 4.90 Å². The number of benzene rings is 2. The van der Waals surface area contributed by atoms with Crippen molar-refractivity contribution >= 4 is 27.3 Å². The highest BCUT2D eigenvalue weighted by Crippen LogP contribution is 2.28. The number of sulfone groups is 1. The summed E-state index contributed by atoms with van der Waals surface area (Å²) in [5.74, 6) is -0.834. The van der Waals surface area contributed by atoms with E-state index in [1.165, 1.54) is 48.5 Å². The van der Waals surface area contributed by atoms with Crippen molar-refractivity contribution < 1.29 is 35.9 Å². The minimum Gasteiger partial charge on any atom is -0.406 e. The van der Waals surface area contributed by atoms with Crippen molar-refractivity contribution in [1.29, 1.82) is 0 Å². The van der Waals surface area contributed by atoms with Crippen LogP contribution in [0.3, 0.4) is 0 Å². The molecule has 0 aromatic heterocycles. The molecule has 1 aliphatic rings. The molecule has 38 heavy (non-hydrogen) atoms. The van der Waals surface area contributed by atoms with Crippen molar-refractivity contribution in [2.24, 2.45) is 5.92 Å². The summed E-state index contributed by atoms with van der Waals surface area (Å²) in [5.41, 5.74) is 0.803. The zero-order valence-electron chi connectivity index (χ0n) is 21.0. The van der Waals surface area contributed by atoms with Crippen LogP contribution in [-0.2, 0) is 14.6 Å². The summed E-state index contributed by atoms with van der Waals surface area (Å²) in [6.07, 6.45) is 2.10. The lowest BCUT2D eigenvalue weighted by molar-refractivity contribution is -0.274. The Kier molecular flexibility index (Phi) is 10.0. The Balaban J connectivity index is 1.55. The molecule has 0 unspecified atom stereocenters. The van der Waals surface area contributed by atoms with Crippen molar-refractivity contribution in [2.75, 3.05) is 24.7 Å². The van der Waals surface area contributed by atoms with Gasteiger partial charge in [0.25, 0.3) is 5.91 Å².